The minimum Gasteiger partial charge on any atom is -0.466 e. The van der Waals surface area contributed by atoms with Crippen molar-refractivity contribution in [3.8, 4) is 0 Å². The van der Waals surface area contributed by atoms with Gasteiger partial charge in [0, 0.05) is 0 Å². The van der Waals surface area contributed by atoms with Crippen molar-refractivity contribution in [2.45, 2.75) is 38.4 Å². The maximum atomic E-state index is 11.2. The number of aliphatic hydroxyl groups is 2. The van der Waals surface area contributed by atoms with Crippen LogP contribution < -0.4 is 0 Å². The lowest BCUT2D eigenvalue weighted by Gasteiger charge is -2.27. The summed E-state index contributed by atoms with van der Waals surface area (Å²) in [5.41, 5.74) is 0. The zero-order valence-corrected chi connectivity index (χ0v) is 7.77. The van der Waals surface area contributed by atoms with Crippen LogP contribution in [0.3, 0.4) is 0 Å². The standard InChI is InChI=1S/C9H16O4/c1-2-13-9(12)6-3-7(10)5-8(11)4-6/h6-8,10-11H,2-5H2,1H3/t6?,7-,8+. The van der Waals surface area contributed by atoms with Crippen LogP contribution >= 0.6 is 0 Å². The molecular formula is C9H16O4. The Hall–Kier alpha value is -0.610. The van der Waals surface area contributed by atoms with Crippen LogP contribution in [0.15, 0.2) is 0 Å². The number of carbonyl (C=O) groups excluding carboxylic acids is 1. The molecule has 0 aromatic carbocycles. The van der Waals surface area contributed by atoms with Crippen LogP contribution in [-0.4, -0.2) is 35.0 Å². The molecule has 0 aromatic heterocycles. The molecule has 0 aliphatic heterocycles. The number of aliphatic hydroxyl groups excluding tert-OH is 2. The van der Waals surface area contributed by atoms with E-state index in [1.54, 1.807) is 6.92 Å². The Morgan fingerprint density at radius 3 is 2.31 bits per heavy atom. The molecule has 0 bridgehead atoms. The van der Waals surface area contributed by atoms with Crippen molar-refractivity contribution in [1.29, 1.82) is 0 Å². The Morgan fingerprint density at radius 1 is 1.31 bits per heavy atom. The van der Waals surface area contributed by atoms with E-state index in [9.17, 15) is 15.0 Å². The van der Waals surface area contributed by atoms with Gasteiger partial charge >= 0.3 is 5.97 Å². The minimum atomic E-state index is -0.571. The summed E-state index contributed by atoms with van der Waals surface area (Å²) in [4.78, 5) is 11.2. The Morgan fingerprint density at radius 2 is 1.85 bits per heavy atom. The van der Waals surface area contributed by atoms with Gasteiger partial charge in [-0.3, -0.25) is 4.79 Å². The maximum Gasteiger partial charge on any atom is 0.309 e. The summed E-state index contributed by atoms with van der Waals surface area (Å²) in [5, 5.41) is 18.6. The lowest BCUT2D eigenvalue weighted by atomic mass is 9.85. The van der Waals surface area contributed by atoms with E-state index in [0.717, 1.165) is 0 Å². The number of carbonyl (C=O) groups is 1. The topological polar surface area (TPSA) is 66.8 Å². The number of rotatable bonds is 2. The highest BCUT2D eigenvalue weighted by atomic mass is 16.5. The average Bonchev–Trinajstić information content (AvgIpc) is 2.03. The summed E-state index contributed by atoms with van der Waals surface area (Å²) in [6.07, 6.45) is 0.0538. The molecule has 0 saturated heterocycles. The molecule has 0 amide bonds. The monoisotopic (exact) mass is 188 g/mol. The zero-order chi connectivity index (χ0) is 9.84. The molecule has 1 aliphatic carbocycles. The summed E-state index contributed by atoms with van der Waals surface area (Å²) < 4.78 is 4.82. The zero-order valence-electron chi connectivity index (χ0n) is 7.77. The molecule has 0 heterocycles. The molecule has 1 saturated carbocycles. The van der Waals surface area contributed by atoms with Gasteiger partial charge in [-0.1, -0.05) is 0 Å². The first-order chi connectivity index (χ1) is 6.13. The van der Waals surface area contributed by atoms with Crippen LogP contribution in [0.2, 0.25) is 0 Å². The summed E-state index contributed by atoms with van der Waals surface area (Å²) in [6, 6.07) is 0. The molecule has 0 spiro atoms. The van der Waals surface area contributed by atoms with Gasteiger partial charge in [-0.15, -0.1) is 0 Å². The highest BCUT2D eigenvalue weighted by Gasteiger charge is 2.31. The Bertz CT molecular complexity index is 170. The van der Waals surface area contributed by atoms with Crippen molar-refractivity contribution < 1.29 is 19.7 Å². The normalized spacial score (nSPS) is 34.2. The minimum absolute atomic E-state index is 0.305. The lowest BCUT2D eigenvalue weighted by Crippen LogP contribution is -2.34. The lowest BCUT2D eigenvalue weighted by molar-refractivity contribution is -0.152. The first-order valence-corrected chi connectivity index (χ1v) is 4.66. The van der Waals surface area contributed by atoms with Gasteiger partial charge in [0.1, 0.15) is 0 Å². The third-order valence-corrected chi connectivity index (χ3v) is 2.28. The van der Waals surface area contributed by atoms with Crippen molar-refractivity contribution in [3.05, 3.63) is 0 Å². The van der Waals surface area contributed by atoms with Gasteiger partial charge in [0.15, 0.2) is 0 Å². The molecule has 0 radical (unpaired) electrons. The van der Waals surface area contributed by atoms with Gasteiger partial charge in [0.25, 0.3) is 0 Å². The van der Waals surface area contributed by atoms with E-state index >= 15 is 0 Å². The van der Waals surface area contributed by atoms with E-state index in [2.05, 4.69) is 0 Å². The highest BCUT2D eigenvalue weighted by Crippen LogP contribution is 2.25. The second-order valence-electron chi connectivity index (χ2n) is 3.46. The smallest absolute Gasteiger partial charge is 0.309 e. The molecule has 4 nitrogen and oxygen atoms in total. The fraction of sp³-hybridized carbons (Fsp3) is 0.889. The predicted octanol–water partition coefficient (Wildman–Crippen LogP) is 0.0714. The SMILES string of the molecule is CCOC(=O)C1C[C@@H](O)C[C@@H](O)C1. The quantitative estimate of drug-likeness (QED) is 0.602. The van der Waals surface area contributed by atoms with Gasteiger partial charge < -0.3 is 14.9 Å². The molecule has 2 N–H and O–H groups in total. The molecule has 76 valence electrons. The van der Waals surface area contributed by atoms with Gasteiger partial charge in [-0.05, 0) is 26.2 Å². The van der Waals surface area contributed by atoms with Crippen LogP contribution in [0.5, 0.6) is 0 Å². The van der Waals surface area contributed by atoms with Crippen LogP contribution in [0.4, 0.5) is 0 Å². The van der Waals surface area contributed by atoms with Crippen LogP contribution in [0, 0.1) is 5.92 Å². The highest BCUT2D eigenvalue weighted by molar-refractivity contribution is 5.72. The van der Waals surface area contributed by atoms with Gasteiger partial charge in [0.05, 0.1) is 24.7 Å². The fourth-order valence-electron chi connectivity index (χ4n) is 1.71. The van der Waals surface area contributed by atoms with Crippen molar-refractivity contribution in [1.82, 2.24) is 0 Å². The second kappa shape index (κ2) is 4.58. The predicted molar refractivity (Wildman–Crippen MR) is 46.0 cm³/mol. The number of ether oxygens (including phenoxy) is 1. The van der Waals surface area contributed by atoms with E-state index in [0.29, 0.717) is 25.9 Å². The molecule has 1 aliphatic rings. The number of hydrogen-bond acceptors (Lipinski definition) is 4. The van der Waals surface area contributed by atoms with Gasteiger partial charge in [-0.2, -0.15) is 0 Å². The van der Waals surface area contributed by atoms with Crippen LogP contribution in [0.25, 0.3) is 0 Å². The third-order valence-electron chi connectivity index (χ3n) is 2.28. The van der Waals surface area contributed by atoms with Gasteiger partial charge in [-0.25, -0.2) is 0 Å². The van der Waals surface area contributed by atoms with Crippen LogP contribution in [-0.2, 0) is 9.53 Å². The van der Waals surface area contributed by atoms with E-state index in [4.69, 9.17) is 4.74 Å². The largest absolute Gasteiger partial charge is 0.466 e. The fourth-order valence-corrected chi connectivity index (χ4v) is 1.71. The molecule has 4 heteroatoms. The molecule has 3 atom stereocenters. The Kier molecular flexibility index (Phi) is 3.69. The molecule has 13 heavy (non-hydrogen) atoms. The average molecular weight is 188 g/mol. The van der Waals surface area contributed by atoms with E-state index in [1.165, 1.54) is 0 Å². The molecule has 0 aromatic rings. The number of hydrogen-bond donors (Lipinski definition) is 2. The first-order valence-electron chi connectivity index (χ1n) is 4.66. The van der Waals surface area contributed by atoms with Crippen molar-refractivity contribution in [2.75, 3.05) is 6.61 Å². The molecule has 1 rings (SSSR count). The summed E-state index contributed by atoms with van der Waals surface area (Å²) >= 11 is 0. The second-order valence-corrected chi connectivity index (χ2v) is 3.46. The first kappa shape index (κ1) is 10.5. The van der Waals surface area contributed by atoms with Crippen molar-refractivity contribution >= 4 is 5.97 Å². The van der Waals surface area contributed by atoms with Gasteiger partial charge in [0.2, 0.25) is 0 Å². The van der Waals surface area contributed by atoms with E-state index < -0.39 is 12.2 Å². The third kappa shape index (κ3) is 2.97. The Balaban J connectivity index is 2.45. The molecule has 1 unspecified atom stereocenters. The summed E-state index contributed by atoms with van der Waals surface area (Å²) in [5.74, 6) is -0.640. The maximum absolute atomic E-state index is 11.2. The van der Waals surface area contributed by atoms with Crippen LogP contribution in [0.1, 0.15) is 26.2 Å². The van der Waals surface area contributed by atoms with Crippen molar-refractivity contribution in [3.63, 3.8) is 0 Å². The Labute approximate surface area is 77.5 Å². The van der Waals surface area contributed by atoms with Crippen molar-refractivity contribution in [2.24, 2.45) is 5.92 Å². The number of esters is 1. The summed E-state index contributed by atoms with van der Waals surface area (Å²) in [6.45, 7) is 2.09. The molecule has 1 fully saturated rings. The summed E-state index contributed by atoms with van der Waals surface area (Å²) in [7, 11) is 0. The van der Waals surface area contributed by atoms with E-state index in [-0.39, 0.29) is 11.9 Å². The molecular weight excluding hydrogens is 172 g/mol. The van der Waals surface area contributed by atoms with E-state index in [1.807, 2.05) is 0 Å².